The van der Waals surface area contributed by atoms with Crippen molar-refractivity contribution >= 4 is 0 Å². The van der Waals surface area contributed by atoms with E-state index in [4.69, 9.17) is 4.74 Å². The van der Waals surface area contributed by atoms with Crippen LogP contribution in [-0.4, -0.2) is 65.9 Å². The van der Waals surface area contributed by atoms with Crippen molar-refractivity contribution in [1.82, 2.24) is 20.0 Å². The molecule has 0 amide bonds. The standard InChI is InChI=1S/C14H24N4O/c1-11-9-15-16-14(11)13-10-19-8-7-18(13)12-3-5-17(2)6-4-12/h9,12-13H,3-8,10H2,1-2H3,(H,15,16). The number of aryl methyl sites for hydroxylation is 1. The third-order valence-electron chi connectivity index (χ3n) is 4.53. The van der Waals surface area contributed by atoms with Gasteiger partial charge in [0.05, 0.1) is 31.1 Å². The topological polar surface area (TPSA) is 44.4 Å². The Hall–Kier alpha value is -0.910. The van der Waals surface area contributed by atoms with Gasteiger partial charge >= 0.3 is 0 Å². The molecule has 5 heteroatoms. The van der Waals surface area contributed by atoms with E-state index < -0.39 is 0 Å². The van der Waals surface area contributed by atoms with E-state index in [-0.39, 0.29) is 0 Å². The van der Waals surface area contributed by atoms with Crippen molar-refractivity contribution in [2.75, 3.05) is 39.9 Å². The lowest BCUT2D eigenvalue weighted by Gasteiger charge is -2.43. The first-order valence-electron chi connectivity index (χ1n) is 7.27. The number of morpholine rings is 1. The lowest BCUT2D eigenvalue weighted by atomic mass is 9.99. The Morgan fingerprint density at radius 1 is 1.32 bits per heavy atom. The number of aromatic amines is 1. The normalized spacial score (nSPS) is 27.8. The van der Waals surface area contributed by atoms with Gasteiger partial charge in [-0.05, 0) is 45.5 Å². The molecule has 0 radical (unpaired) electrons. The highest BCUT2D eigenvalue weighted by atomic mass is 16.5. The molecule has 1 aromatic heterocycles. The molecule has 2 fully saturated rings. The van der Waals surface area contributed by atoms with Crippen molar-refractivity contribution in [1.29, 1.82) is 0 Å². The molecule has 3 rings (SSSR count). The fourth-order valence-electron chi connectivity index (χ4n) is 3.32. The summed E-state index contributed by atoms with van der Waals surface area (Å²) in [5.41, 5.74) is 2.48. The minimum Gasteiger partial charge on any atom is -0.378 e. The Kier molecular flexibility index (Phi) is 3.86. The molecule has 1 aromatic rings. The number of H-pyrrole nitrogens is 1. The Morgan fingerprint density at radius 2 is 2.11 bits per heavy atom. The molecule has 106 valence electrons. The van der Waals surface area contributed by atoms with Crippen LogP contribution in [0.15, 0.2) is 6.20 Å². The first kappa shape index (κ1) is 13.1. The third-order valence-corrected chi connectivity index (χ3v) is 4.53. The van der Waals surface area contributed by atoms with Crippen LogP contribution in [0.1, 0.15) is 30.1 Å². The smallest absolute Gasteiger partial charge is 0.0757 e. The lowest BCUT2D eigenvalue weighted by molar-refractivity contribution is -0.0431. The summed E-state index contributed by atoms with van der Waals surface area (Å²) in [5.74, 6) is 0. The van der Waals surface area contributed by atoms with Crippen LogP contribution in [0.3, 0.4) is 0 Å². The monoisotopic (exact) mass is 264 g/mol. The molecule has 1 N–H and O–H groups in total. The number of ether oxygens (including phenoxy) is 1. The first-order valence-corrected chi connectivity index (χ1v) is 7.27. The molecule has 2 saturated heterocycles. The van der Waals surface area contributed by atoms with Crippen molar-refractivity contribution < 1.29 is 4.74 Å². The number of likely N-dealkylation sites (tertiary alicyclic amines) is 1. The summed E-state index contributed by atoms with van der Waals surface area (Å²) >= 11 is 0. The minimum atomic E-state index is 0.352. The first-order chi connectivity index (χ1) is 9.25. The van der Waals surface area contributed by atoms with E-state index in [0.29, 0.717) is 12.1 Å². The molecular formula is C14H24N4O. The van der Waals surface area contributed by atoms with E-state index in [1.165, 1.54) is 37.2 Å². The molecule has 5 nitrogen and oxygen atoms in total. The van der Waals surface area contributed by atoms with Crippen LogP contribution < -0.4 is 0 Å². The summed E-state index contributed by atoms with van der Waals surface area (Å²) in [6.07, 6.45) is 4.44. The maximum Gasteiger partial charge on any atom is 0.0757 e. The predicted octanol–water partition coefficient (Wildman–Crippen LogP) is 1.19. The summed E-state index contributed by atoms with van der Waals surface area (Å²) < 4.78 is 5.70. The highest BCUT2D eigenvalue weighted by Crippen LogP contribution is 2.30. The van der Waals surface area contributed by atoms with Gasteiger partial charge in [0.2, 0.25) is 0 Å². The van der Waals surface area contributed by atoms with E-state index in [2.05, 4.69) is 34.0 Å². The van der Waals surface area contributed by atoms with Gasteiger partial charge < -0.3 is 9.64 Å². The number of piperidine rings is 1. The van der Waals surface area contributed by atoms with Gasteiger partial charge in [0.1, 0.15) is 0 Å². The molecule has 0 aromatic carbocycles. The maximum absolute atomic E-state index is 5.70. The highest BCUT2D eigenvalue weighted by Gasteiger charge is 2.33. The van der Waals surface area contributed by atoms with Crippen LogP contribution in [0.4, 0.5) is 0 Å². The fraction of sp³-hybridized carbons (Fsp3) is 0.786. The predicted molar refractivity (Wildman–Crippen MR) is 74.1 cm³/mol. The van der Waals surface area contributed by atoms with Gasteiger partial charge in [-0.2, -0.15) is 5.10 Å². The van der Waals surface area contributed by atoms with Gasteiger partial charge in [-0.25, -0.2) is 0 Å². The van der Waals surface area contributed by atoms with Crippen molar-refractivity contribution in [2.24, 2.45) is 0 Å². The summed E-state index contributed by atoms with van der Waals surface area (Å²) in [6, 6.07) is 1.04. The minimum absolute atomic E-state index is 0.352. The Labute approximate surface area is 114 Å². The van der Waals surface area contributed by atoms with E-state index in [0.717, 1.165) is 19.8 Å². The van der Waals surface area contributed by atoms with Crippen LogP contribution in [0, 0.1) is 6.92 Å². The molecular weight excluding hydrogens is 240 g/mol. The highest BCUT2D eigenvalue weighted by molar-refractivity contribution is 5.19. The Balaban J connectivity index is 1.76. The Morgan fingerprint density at radius 3 is 2.79 bits per heavy atom. The molecule has 19 heavy (non-hydrogen) atoms. The number of nitrogens with zero attached hydrogens (tertiary/aromatic N) is 3. The number of aromatic nitrogens is 2. The molecule has 2 aliphatic rings. The second-order valence-electron chi connectivity index (χ2n) is 5.83. The van der Waals surface area contributed by atoms with Gasteiger partial charge in [0.25, 0.3) is 0 Å². The second-order valence-corrected chi connectivity index (χ2v) is 5.83. The van der Waals surface area contributed by atoms with Crippen LogP contribution >= 0.6 is 0 Å². The maximum atomic E-state index is 5.70. The molecule has 1 unspecified atom stereocenters. The van der Waals surface area contributed by atoms with Crippen LogP contribution in [0.2, 0.25) is 0 Å². The second kappa shape index (κ2) is 5.61. The van der Waals surface area contributed by atoms with Crippen molar-refractivity contribution in [3.05, 3.63) is 17.5 Å². The summed E-state index contributed by atoms with van der Waals surface area (Å²) in [5, 5.41) is 7.34. The van der Waals surface area contributed by atoms with Gasteiger partial charge in [-0.15, -0.1) is 0 Å². The molecule has 0 aliphatic carbocycles. The summed E-state index contributed by atoms with van der Waals surface area (Å²) in [4.78, 5) is 5.06. The molecule has 1 atom stereocenters. The largest absolute Gasteiger partial charge is 0.378 e. The SMILES string of the molecule is Cc1cn[nH]c1C1COCCN1C1CCN(C)CC1. The van der Waals surface area contributed by atoms with Crippen LogP contribution in [0.25, 0.3) is 0 Å². The Bertz CT molecular complexity index is 411. The zero-order chi connectivity index (χ0) is 13.2. The average Bonchev–Trinajstić information content (AvgIpc) is 2.86. The lowest BCUT2D eigenvalue weighted by Crippen LogP contribution is -2.50. The molecule has 3 heterocycles. The van der Waals surface area contributed by atoms with E-state index >= 15 is 0 Å². The van der Waals surface area contributed by atoms with Crippen molar-refractivity contribution in [3.8, 4) is 0 Å². The summed E-state index contributed by atoms with van der Waals surface area (Å²) in [6.45, 7) is 7.22. The number of hydrogen-bond acceptors (Lipinski definition) is 4. The quantitative estimate of drug-likeness (QED) is 0.871. The van der Waals surface area contributed by atoms with Crippen LogP contribution in [-0.2, 0) is 4.74 Å². The van der Waals surface area contributed by atoms with Gasteiger partial charge in [-0.1, -0.05) is 0 Å². The van der Waals surface area contributed by atoms with Crippen LogP contribution in [0.5, 0.6) is 0 Å². The zero-order valence-electron chi connectivity index (χ0n) is 11.9. The molecule has 0 bridgehead atoms. The average molecular weight is 264 g/mol. The van der Waals surface area contributed by atoms with Gasteiger partial charge in [-0.3, -0.25) is 10.00 Å². The van der Waals surface area contributed by atoms with Gasteiger partial charge in [0, 0.05) is 12.6 Å². The fourth-order valence-corrected chi connectivity index (χ4v) is 3.32. The van der Waals surface area contributed by atoms with Crippen molar-refractivity contribution in [2.45, 2.75) is 31.8 Å². The summed E-state index contributed by atoms with van der Waals surface area (Å²) in [7, 11) is 2.21. The number of nitrogens with one attached hydrogen (secondary N) is 1. The molecule has 2 aliphatic heterocycles. The third kappa shape index (κ3) is 2.68. The van der Waals surface area contributed by atoms with E-state index in [1.54, 1.807) is 0 Å². The van der Waals surface area contributed by atoms with Gasteiger partial charge in [0.15, 0.2) is 0 Å². The zero-order valence-corrected chi connectivity index (χ0v) is 11.9. The number of rotatable bonds is 2. The van der Waals surface area contributed by atoms with E-state index in [9.17, 15) is 0 Å². The molecule has 0 spiro atoms. The van der Waals surface area contributed by atoms with Crippen molar-refractivity contribution in [3.63, 3.8) is 0 Å². The van der Waals surface area contributed by atoms with E-state index in [1.807, 2.05) is 6.20 Å². The molecule has 0 saturated carbocycles. The number of hydrogen-bond donors (Lipinski definition) is 1.